The third kappa shape index (κ3) is 3.03. The largest absolute Gasteiger partial charge is 0.444 e. The van der Waals surface area contributed by atoms with Crippen LogP contribution < -0.4 is 5.32 Å². The highest BCUT2D eigenvalue weighted by molar-refractivity contribution is 5.90. The number of hydrogen-bond acceptors (Lipinski definition) is 4. The van der Waals surface area contributed by atoms with E-state index >= 15 is 0 Å². The van der Waals surface area contributed by atoms with Gasteiger partial charge in [0.2, 0.25) is 5.91 Å². The maximum Gasteiger partial charge on any atom is 0.412 e. The number of amides is 2. The summed E-state index contributed by atoms with van der Waals surface area (Å²) in [6.45, 7) is 3.66. The van der Waals surface area contributed by atoms with Crippen molar-refractivity contribution in [1.29, 1.82) is 0 Å². The highest BCUT2D eigenvalue weighted by atomic mass is 16.6. The molecule has 1 aromatic carbocycles. The lowest BCUT2D eigenvalue weighted by Crippen LogP contribution is -2.60. The van der Waals surface area contributed by atoms with Gasteiger partial charge < -0.3 is 15.0 Å². The van der Waals surface area contributed by atoms with Crippen molar-refractivity contribution in [3.05, 3.63) is 35.9 Å². The molecule has 2 aliphatic rings. The molecular weight excluding hydrogens is 294 g/mol. The number of hydrogen-bond donors (Lipinski definition) is 1. The first-order valence-corrected chi connectivity index (χ1v) is 8.02. The summed E-state index contributed by atoms with van der Waals surface area (Å²) in [6.07, 6.45) is 1.02. The number of nitrogens with zero attached hydrogens (tertiary/aromatic N) is 2. The standard InChI is InChI=1S/C17H23N3O3/c1-13-15(21)18-17(8-10-19(2)11-9-17)20(13)16(22)23-12-14-6-4-3-5-7-14/h3-7,13H,8-12H2,1-2H3,(H,18,21). The molecule has 6 heteroatoms. The van der Waals surface area contributed by atoms with E-state index in [2.05, 4.69) is 10.2 Å². The maximum atomic E-state index is 12.6. The summed E-state index contributed by atoms with van der Waals surface area (Å²) in [6, 6.07) is 9.06. The van der Waals surface area contributed by atoms with Crippen molar-refractivity contribution in [3.63, 3.8) is 0 Å². The van der Waals surface area contributed by atoms with Crippen LogP contribution in [0.2, 0.25) is 0 Å². The number of benzene rings is 1. The van der Waals surface area contributed by atoms with Gasteiger partial charge in [-0.1, -0.05) is 30.3 Å². The fraction of sp³-hybridized carbons (Fsp3) is 0.529. The fourth-order valence-corrected chi connectivity index (χ4v) is 3.36. The molecule has 2 saturated heterocycles. The van der Waals surface area contributed by atoms with E-state index in [1.165, 1.54) is 0 Å². The highest BCUT2D eigenvalue weighted by Gasteiger charge is 2.53. The van der Waals surface area contributed by atoms with E-state index in [1.54, 1.807) is 11.8 Å². The third-order valence-corrected chi connectivity index (χ3v) is 4.80. The quantitative estimate of drug-likeness (QED) is 0.899. The average Bonchev–Trinajstić information content (AvgIpc) is 2.80. The van der Waals surface area contributed by atoms with Crippen molar-refractivity contribution in [2.75, 3.05) is 20.1 Å². The molecule has 0 saturated carbocycles. The molecule has 0 radical (unpaired) electrons. The summed E-state index contributed by atoms with van der Waals surface area (Å²) >= 11 is 0. The zero-order valence-electron chi connectivity index (χ0n) is 13.6. The predicted octanol–water partition coefficient (Wildman–Crippen LogP) is 1.57. The highest BCUT2D eigenvalue weighted by Crippen LogP contribution is 2.33. The first-order valence-electron chi connectivity index (χ1n) is 8.02. The molecule has 3 rings (SSSR count). The molecule has 1 aromatic rings. The number of piperidine rings is 1. The molecule has 1 atom stereocenters. The summed E-state index contributed by atoms with van der Waals surface area (Å²) < 4.78 is 5.47. The van der Waals surface area contributed by atoms with Crippen LogP contribution in [-0.2, 0) is 16.1 Å². The molecule has 2 amide bonds. The number of nitrogens with one attached hydrogen (secondary N) is 1. The SMILES string of the molecule is CC1C(=O)NC2(CCN(C)CC2)N1C(=O)OCc1ccccc1. The lowest BCUT2D eigenvalue weighted by Gasteiger charge is -2.43. The van der Waals surface area contributed by atoms with Crippen molar-refractivity contribution in [3.8, 4) is 0 Å². The summed E-state index contributed by atoms with van der Waals surface area (Å²) in [5.74, 6) is -0.105. The fourth-order valence-electron chi connectivity index (χ4n) is 3.36. The summed E-state index contributed by atoms with van der Waals surface area (Å²) in [4.78, 5) is 28.6. The van der Waals surface area contributed by atoms with E-state index in [-0.39, 0.29) is 12.5 Å². The molecule has 0 aliphatic carbocycles. The van der Waals surface area contributed by atoms with Gasteiger partial charge in [0.25, 0.3) is 0 Å². The Labute approximate surface area is 136 Å². The minimum atomic E-state index is -0.600. The molecule has 23 heavy (non-hydrogen) atoms. The second-order valence-electron chi connectivity index (χ2n) is 6.41. The molecule has 0 aromatic heterocycles. The average molecular weight is 317 g/mol. The van der Waals surface area contributed by atoms with Crippen LogP contribution in [0.3, 0.4) is 0 Å². The minimum absolute atomic E-state index is 0.105. The molecule has 2 aliphatic heterocycles. The van der Waals surface area contributed by atoms with E-state index in [0.717, 1.165) is 31.5 Å². The Morgan fingerprint density at radius 2 is 1.96 bits per heavy atom. The van der Waals surface area contributed by atoms with Crippen LogP contribution in [0.25, 0.3) is 0 Å². The molecule has 1 N–H and O–H groups in total. The third-order valence-electron chi connectivity index (χ3n) is 4.80. The first-order chi connectivity index (χ1) is 11.0. The van der Waals surface area contributed by atoms with Crippen LogP contribution in [0.4, 0.5) is 4.79 Å². The van der Waals surface area contributed by atoms with Gasteiger partial charge in [-0.05, 0) is 19.5 Å². The Morgan fingerprint density at radius 1 is 1.30 bits per heavy atom. The monoisotopic (exact) mass is 317 g/mol. The lowest BCUT2D eigenvalue weighted by molar-refractivity contribution is -0.121. The van der Waals surface area contributed by atoms with E-state index in [1.807, 2.05) is 37.4 Å². The molecule has 124 valence electrons. The summed E-state index contributed by atoms with van der Waals surface area (Å²) in [5, 5.41) is 3.03. The smallest absolute Gasteiger partial charge is 0.412 e. The first kappa shape index (κ1) is 15.8. The van der Waals surface area contributed by atoms with Crippen molar-refractivity contribution >= 4 is 12.0 Å². The van der Waals surface area contributed by atoms with Crippen LogP contribution in [-0.4, -0.2) is 53.6 Å². The van der Waals surface area contributed by atoms with Gasteiger partial charge in [0.05, 0.1) is 0 Å². The van der Waals surface area contributed by atoms with Crippen LogP contribution >= 0.6 is 0 Å². The van der Waals surface area contributed by atoms with Gasteiger partial charge in [0, 0.05) is 25.9 Å². The van der Waals surface area contributed by atoms with Gasteiger partial charge in [0.15, 0.2) is 0 Å². The maximum absolute atomic E-state index is 12.6. The van der Waals surface area contributed by atoms with Crippen LogP contribution in [0.5, 0.6) is 0 Å². The van der Waals surface area contributed by atoms with Gasteiger partial charge in [0.1, 0.15) is 18.3 Å². The van der Waals surface area contributed by atoms with Crippen molar-refractivity contribution in [1.82, 2.24) is 15.1 Å². The predicted molar refractivity (Wildman–Crippen MR) is 85.5 cm³/mol. The van der Waals surface area contributed by atoms with Crippen LogP contribution in [0.1, 0.15) is 25.3 Å². The van der Waals surface area contributed by atoms with Crippen molar-refractivity contribution in [2.45, 2.75) is 38.1 Å². The Hall–Kier alpha value is -2.08. The van der Waals surface area contributed by atoms with Gasteiger partial charge in [-0.15, -0.1) is 0 Å². The van der Waals surface area contributed by atoms with Gasteiger partial charge in [-0.25, -0.2) is 4.79 Å². The van der Waals surface area contributed by atoms with E-state index in [4.69, 9.17) is 4.74 Å². The molecule has 0 bridgehead atoms. The van der Waals surface area contributed by atoms with Gasteiger partial charge in [-0.2, -0.15) is 0 Å². The van der Waals surface area contributed by atoms with Crippen molar-refractivity contribution < 1.29 is 14.3 Å². The molecular formula is C17H23N3O3. The van der Waals surface area contributed by atoms with E-state index < -0.39 is 17.8 Å². The van der Waals surface area contributed by atoms with E-state index in [9.17, 15) is 9.59 Å². The minimum Gasteiger partial charge on any atom is -0.444 e. The van der Waals surface area contributed by atoms with Crippen LogP contribution in [0, 0.1) is 0 Å². The number of carbonyl (C=O) groups excluding carboxylic acids is 2. The molecule has 6 nitrogen and oxygen atoms in total. The second kappa shape index (κ2) is 6.20. The number of ether oxygens (including phenoxy) is 1. The molecule has 1 unspecified atom stereocenters. The zero-order valence-corrected chi connectivity index (χ0v) is 13.6. The number of carbonyl (C=O) groups is 2. The topological polar surface area (TPSA) is 61.9 Å². The Balaban J connectivity index is 1.72. The van der Waals surface area contributed by atoms with Gasteiger partial charge in [-0.3, -0.25) is 9.69 Å². The normalized spacial score (nSPS) is 23.8. The number of rotatable bonds is 2. The Kier molecular flexibility index (Phi) is 4.26. The zero-order chi connectivity index (χ0) is 16.4. The molecule has 2 heterocycles. The number of likely N-dealkylation sites (tertiary alicyclic amines) is 1. The summed E-state index contributed by atoms with van der Waals surface area (Å²) in [7, 11) is 2.05. The second-order valence-corrected chi connectivity index (χ2v) is 6.41. The van der Waals surface area contributed by atoms with Gasteiger partial charge >= 0.3 is 6.09 Å². The molecule has 2 fully saturated rings. The molecule has 1 spiro atoms. The van der Waals surface area contributed by atoms with Crippen molar-refractivity contribution in [2.24, 2.45) is 0 Å². The Morgan fingerprint density at radius 3 is 2.61 bits per heavy atom. The summed E-state index contributed by atoms with van der Waals surface area (Å²) in [5.41, 5.74) is 0.334. The lowest BCUT2D eigenvalue weighted by atomic mass is 9.96. The Bertz CT molecular complexity index is 582. The van der Waals surface area contributed by atoms with E-state index in [0.29, 0.717) is 0 Å². The van der Waals surface area contributed by atoms with Crippen LogP contribution in [0.15, 0.2) is 30.3 Å².